The summed E-state index contributed by atoms with van der Waals surface area (Å²) in [5.74, 6) is 0. The molecule has 1 rings (SSSR count). The van der Waals surface area contributed by atoms with Gasteiger partial charge in [-0.2, -0.15) is 0 Å². The molecule has 1 heterocycles. The molecule has 60 valence electrons. The molecule has 0 aromatic rings. The summed E-state index contributed by atoms with van der Waals surface area (Å²) in [5.41, 5.74) is 0. The van der Waals surface area contributed by atoms with Gasteiger partial charge in [-0.05, 0) is 6.42 Å². The van der Waals surface area contributed by atoms with Crippen LogP contribution in [0.15, 0.2) is 0 Å². The molecule has 1 aliphatic heterocycles. The van der Waals surface area contributed by atoms with Crippen LogP contribution < -0.4 is 0 Å². The van der Waals surface area contributed by atoms with Crippen molar-refractivity contribution in [3.63, 3.8) is 0 Å². The van der Waals surface area contributed by atoms with Crippen LogP contribution in [0.1, 0.15) is 6.42 Å². The maximum atomic E-state index is 9.10. The van der Waals surface area contributed by atoms with Gasteiger partial charge in [-0.15, -0.1) is 0 Å². The highest BCUT2D eigenvalue weighted by molar-refractivity contribution is 4.79. The summed E-state index contributed by atoms with van der Waals surface area (Å²) in [4.78, 5) is 0. The fourth-order valence-corrected chi connectivity index (χ4v) is 1.02. The summed E-state index contributed by atoms with van der Waals surface area (Å²) >= 11 is 0. The Kier molecular flexibility index (Phi) is 2.62. The molecule has 0 aromatic carbocycles. The van der Waals surface area contributed by atoms with Crippen molar-refractivity contribution in [3.05, 3.63) is 0 Å². The van der Waals surface area contributed by atoms with Crippen molar-refractivity contribution in [2.75, 3.05) is 13.2 Å². The van der Waals surface area contributed by atoms with Crippen molar-refractivity contribution < 1.29 is 20.1 Å². The van der Waals surface area contributed by atoms with E-state index in [1.54, 1.807) is 0 Å². The van der Waals surface area contributed by atoms with E-state index >= 15 is 0 Å². The number of ether oxygens (including phenoxy) is 1. The number of hydrogen-bond donors (Lipinski definition) is 3. The molecule has 0 spiro atoms. The van der Waals surface area contributed by atoms with Gasteiger partial charge in [0.15, 0.2) is 0 Å². The summed E-state index contributed by atoms with van der Waals surface area (Å²) in [6, 6.07) is 0. The Morgan fingerprint density at radius 2 is 2.10 bits per heavy atom. The van der Waals surface area contributed by atoms with Crippen LogP contribution >= 0.6 is 0 Å². The van der Waals surface area contributed by atoms with Crippen molar-refractivity contribution in [2.24, 2.45) is 0 Å². The van der Waals surface area contributed by atoms with Crippen molar-refractivity contribution >= 4 is 0 Å². The van der Waals surface area contributed by atoms with Gasteiger partial charge in [0.1, 0.15) is 12.2 Å². The zero-order chi connectivity index (χ0) is 7.56. The van der Waals surface area contributed by atoms with Gasteiger partial charge < -0.3 is 20.1 Å². The van der Waals surface area contributed by atoms with E-state index < -0.39 is 18.3 Å². The number of aliphatic hydroxyl groups is 3. The van der Waals surface area contributed by atoms with Gasteiger partial charge in [0, 0.05) is 6.61 Å². The summed E-state index contributed by atoms with van der Waals surface area (Å²) in [5, 5.41) is 26.7. The third-order valence-corrected chi connectivity index (χ3v) is 1.70. The van der Waals surface area contributed by atoms with Gasteiger partial charge in [0.05, 0.1) is 12.7 Å². The molecule has 0 aromatic heterocycles. The molecule has 1 saturated heterocycles. The summed E-state index contributed by atoms with van der Waals surface area (Å²) in [7, 11) is 0. The lowest BCUT2D eigenvalue weighted by Crippen LogP contribution is -2.46. The first kappa shape index (κ1) is 7.94. The topological polar surface area (TPSA) is 69.9 Å². The van der Waals surface area contributed by atoms with Gasteiger partial charge >= 0.3 is 0 Å². The fourth-order valence-electron chi connectivity index (χ4n) is 1.02. The van der Waals surface area contributed by atoms with E-state index in [0.29, 0.717) is 13.0 Å². The van der Waals surface area contributed by atoms with Crippen LogP contribution in [0.25, 0.3) is 0 Å². The van der Waals surface area contributed by atoms with E-state index in [2.05, 4.69) is 0 Å². The normalized spacial score (nSPS) is 41.7. The zero-order valence-electron chi connectivity index (χ0n) is 5.60. The second-order valence-corrected chi connectivity index (χ2v) is 2.44. The number of aliphatic hydroxyl groups excluding tert-OH is 3. The molecular formula is C6H12O4. The Balaban J connectivity index is 2.42. The predicted molar refractivity (Wildman–Crippen MR) is 33.5 cm³/mol. The van der Waals surface area contributed by atoms with Crippen molar-refractivity contribution in [2.45, 2.75) is 24.7 Å². The maximum absolute atomic E-state index is 9.10. The quantitative estimate of drug-likeness (QED) is 0.423. The standard InChI is InChI=1S/C6H12O4/c7-3-5-6(9)4(8)1-2-10-5/h4-9H,1-3H2/t4?,5?,6-/m1/s1. The first-order valence-electron chi connectivity index (χ1n) is 3.34. The highest BCUT2D eigenvalue weighted by Gasteiger charge is 2.30. The average Bonchev–Trinajstić information content (AvgIpc) is 1.95. The molecule has 0 aliphatic carbocycles. The summed E-state index contributed by atoms with van der Waals surface area (Å²) in [6.45, 7) is 0.168. The second-order valence-electron chi connectivity index (χ2n) is 2.44. The van der Waals surface area contributed by atoms with Gasteiger partial charge in [-0.3, -0.25) is 0 Å². The molecule has 0 amide bonds. The fraction of sp³-hybridized carbons (Fsp3) is 1.00. The third kappa shape index (κ3) is 1.46. The average molecular weight is 148 g/mol. The first-order chi connectivity index (χ1) is 4.75. The van der Waals surface area contributed by atoms with Crippen molar-refractivity contribution in [1.29, 1.82) is 0 Å². The predicted octanol–water partition coefficient (Wildman–Crippen LogP) is -1.51. The third-order valence-electron chi connectivity index (χ3n) is 1.70. The Hall–Kier alpha value is -0.160. The molecule has 0 saturated carbocycles. The lowest BCUT2D eigenvalue weighted by Gasteiger charge is -2.30. The molecule has 10 heavy (non-hydrogen) atoms. The molecule has 2 unspecified atom stereocenters. The molecule has 3 N–H and O–H groups in total. The lowest BCUT2D eigenvalue weighted by molar-refractivity contribution is -0.147. The molecule has 4 nitrogen and oxygen atoms in total. The minimum atomic E-state index is -0.932. The number of rotatable bonds is 1. The van der Waals surface area contributed by atoms with Gasteiger partial charge in [-0.1, -0.05) is 0 Å². The lowest BCUT2D eigenvalue weighted by atomic mass is 10.0. The van der Waals surface area contributed by atoms with E-state index in [0.717, 1.165) is 0 Å². The Morgan fingerprint density at radius 1 is 1.40 bits per heavy atom. The SMILES string of the molecule is OCC1OCCC(O)[C@H]1O. The maximum Gasteiger partial charge on any atom is 0.109 e. The van der Waals surface area contributed by atoms with E-state index in [4.69, 9.17) is 20.1 Å². The van der Waals surface area contributed by atoms with E-state index in [-0.39, 0.29) is 6.61 Å². The highest BCUT2D eigenvalue weighted by Crippen LogP contribution is 2.13. The van der Waals surface area contributed by atoms with Crippen LogP contribution in [0.4, 0.5) is 0 Å². The molecule has 1 aliphatic rings. The van der Waals surface area contributed by atoms with Crippen molar-refractivity contribution in [3.8, 4) is 0 Å². The zero-order valence-corrected chi connectivity index (χ0v) is 5.60. The molecule has 3 atom stereocenters. The van der Waals surface area contributed by atoms with E-state index in [9.17, 15) is 0 Å². The smallest absolute Gasteiger partial charge is 0.109 e. The first-order valence-corrected chi connectivity index (χ1v) is 3.34. The number of hydrogen-bond acceptors (Lipinski definition) is 4. The van der Waals surface area contributed by atoms with Crippen LogP contribution in [0.2, 0.25) is 0 Å². The van der Waals surface area contributed by atoms with Crippen LogP contribution in [-0.4, -0.2) is 46.8 Å². The van der Waals surface area contributed by atoms with E-state index in [1.165, 1.54) is 0 Å². The minimum Gasteiger partial charge on any atom is -0.394 e. The molecule has 4 heteroatoms. The van der Waals surface area contributed by atoms with Gasteiger partial charge in [-0.25, -0.2) is 0 Å². The minimum absolute atomic E-state index is 0.238. The van der Waals surface area contributed by atoms with Crippen molar-refractivity contribution in [1.82, 2.24) is 0 Å². The monoisotopic (exact) mass is 148 g/mol. The second kappa shape index (κ2) is 3.30. The Bertz CT molecular complexity index is 106. The van der Waals surface area contributed by atoms with Crippen LogP contribution in [0.3, 0.4) is 0 Å². The summed E-state index contributed by atoms with van der Waals surface area (Å²) < 4.78 is 4.95. The highest BCUT2D eigenvalue weighted by atomic mass is 16.5. The summed E-state index contributed by atoms with van der Waals surface area (Å²) in [6.07, 6.45) is -1.84. The molecular weight excluding hydrogens is 136 g/mol. The van der Waals surface area contributed by atoms with Gasteiger partial charge in [0.2, 0.25) is 0 Å². The van der Waals surface area contributed by atoms with Crippen LogP contribution in [-0.2, 0) is 4.74 Å². The van der Waals surface area contributed by atoms with E-state index in [1.807, 2.05) is 0 Å². The molecule has 0 radical (unpaired) electrons. The van der Waals surface area contributed by atoms with Crippen LogP contribution in [0, 0.1) is 0 Å². The van der Waals surface area contributed by atoms with Crippen LogP contribution in [0.5, 0.6) is 0 Å². The van der Waals surface area contributed by atoms with Gasteiger partial charge in [0.25, 0.3) is 0 Å². The Labute approximate surface area is 59.1 Å². The molecule has 1 fully saturated rings. The Morgan fingerprint density at radius 3 is 2.60 bits per heavy atom. The largest absolute Gasteiger partial charge is 0.394 e. The molecule has 0 bridgehead atoms.